The lowest BCUT2D eigenvalue weighted by molar-refractivity contribution is -0.384. The lowest BCUT2D eigenvalue weighted by Crippen LogP contribution is -2.14. The number of nitro groups is 1. The number of rotatable bonds is 6. The van der Waals surface area contributed by atoms with Gasteiger partial charge in [0.2, 0.25) is 5.91 Å². The van der Waals surface area contributed by atoms with Gasteiger partial charge in [-0.15, -0.1) is 0 Å². The van der Waals surface area contributed by atoms with Crippen LogP contribution >= 0.6 is 0 Å². The average molecular weight is 262 g/mol. The van der Waals surface area contributed by atoms with Crippen molar-refractivity contribution >= 4 is 31.1 Å². The number of carbonyl (C=O) groups is 2. The van der Waals surface area contributed by atoms with Crippen molar-refractivity contribution in [2.45, 2.75) is 19.2 Å². The predicted molar refractivity (Wildman–Crippen MR) is 68.1 cm³/mol. The molecule has 0 spiro atoms. The second kappa shape index (κ2) is 6.53. The SMILES string of the molecule is [B]Cc1cccc(NC(=O)CCC(=O)O)c1[N+](=O)[O-]. The van der Waals surface area contributed by atoms with Gasteiger partial charge in [-0.05, 0) is 6.07 Å². The van der Waals surface area contributed by atoms with Gasteiger partial charge in [-0.1, -0.05) is 18.5 Å². The summed E-state index contributed by atoms with van der Waals surface area (Å²) < 4.78 is 0. The van der Waals surface area contributed by atoms with Gasteiger partial charge in [0.1, 0.15) is 5.69 Å². The van der Waals surface area contributed by atoms with Crippen molar-refractivity contribution < 1.29 is 19.6 Å². The predicted octanol–water partition coefficient (Wildman–Crippen LogP) is 1.07. The van der Waals surface area contributed by atoms with Crippen LogP contribution in [0.4, 0.5) is 11.4 Å². The number of aliphatic carboxylic acids is 1. The molecule has 0 aliphatic carbocycles. The first-order valence-electron chi connectivity index (χ1n) is 5.43. The van der Waals surface area contributed by atoms with E-state index in [1.165, 1.54) is 18.2 Å². The van der Waals surface area contributed by atoms with E-state index in [4.69, 9.17) is 13.0 Å². The molecule has 2 radical (unpaired) electrons. The van der Waals surface area contributed by atoms with E-state index in [2.05, 4.69) is 5.32 Å². The molecule has 1 aromatic carbocycles. The molecule has 0 saturated heterocycles. The smallest absolute Gasteiger partial charge is 0.303 e. The Morgan fingerprint density at radius 2 is 2.05 bits per heavy atom. The summed E-state index contributed by atoms with van der Waals surface area (Å²) in [7, 11) is 5.39. The van der Waals surface area contributed by atoms with E-state index >= 15 is 0 Å². The molecule has 0 aliphatic heterocycles. The fourth-order valence-corrected chi connectivity index (χ4v) is 1.51. The number of hydrogen-bond acceptors (Lipinski definition) is 4. The third kappa shape index (κ3) is 4.09. The second-order valence-electron chi connectivity index (χ2n) is 3.72. The van der Waals surface area contributed by atoms with Gasteiger partial charge in [-0.3, -0.25) is 19.7 Å². The number of carboxylic acids is 1. The van der Waals surface area contributed by atoms with Gasteiger partial charge in [-0.25, -0.2) is 0 Å². The summed E-state index contributed by atoms with van der Waals surface area (Å²) >= 11 is 0. The number of carbonyl (C=O) groups excluding carboxylic acids is 1. The molecule has 0 atom stereocenters. The number of anilines is 1. The molecule has 8 heteroatoms. The van der Waals surface area contributed by atoms with Crippen LogP contribution in [0.5, 0.6) is 0 Å². The summed E-state index contributed by atoms with van der Waals surface area (Å²) in [4.78, 5) is 32.1. The normalized spacial score (nSPS) is 9.89. The molecule has 0 fully saturated rings. The molecule has 0 heterocycles. The highest BCUT2D eigenvalue weighted by molar-refractivity contribution is 6.09. The number of para-hydroxylation sites is 1. The van der Waals surface area contributed by atoms with Gasteiger partial charge in [0.15, 0.2) is 0 Å². The van der Waals surface area contributed by atoms with Crippen molar-refractivity contribution in [2.24, 2.45) is 0 Å². The zero-order valence-electron chi connectivity index (χ0n) is 9.96. The molecule has 0 bridgehead atoms. The molecule has 0 unspecified atom stereocenters. The van der Waals surface area contributed by atoms with Gasteiger partial charge < -0.3 is 10.4 Å². The summed E-state index contributed by atoms with van der Waals surface area (Å²) in [6.45, 7) is 0. The van der Waals surface area contributed by atoms with Crippen LogP contribution in [0.3, 0.4) is 0 Å². The van der Waals surface area contributed by atoms with Gasteiger partial charge >= 0.3 is 5.97 Å². The average Bonchev–Trinajstić information content (AvgIpc) is 2.35. The first kappa shape index (κ1) is 14.7. The Kier molecular flexibility index (Phi) is 5.05. The molecular weight excluding hydrogens is 251 g/mol. The number of amides is 1. The lowest BCUT2D eigenvalue weighted by Gasteiger charge is -2.08. The zero-order valence-corrected chi connectivity index (χ0v) is 9.96. The van der Waals surface area contributed by atoms with Crippen LogP contribution in [0.25, 0.3) is 0 Å². The maximum Gasteiger partial charge on any atom is 0.303 e. The molecular formula is C11H11BN2O5. The molecule has 0 aromatic heterocycles. The lowest BCUT2D eigenvalue weighted by atomic mass is 9.95. The van der Waals surface area contributed by atoms with E-state index in [1.54, 1.807) is 0 Å². The van der Waals surface area contributed by atoms with Crippen molar-refractivity contribution in [3.63, 3.8) is 0 Å². The standard InChI is InChI=1S/C11H11BN2O5/c12-6-7-2-1-3-8(11(7)14(18)19)13-9(15)4-5-10(16)17/h1-3H,4-6H2,(H,13,15)(H,16,17). The summed E-state index contributed by atoms with van der Waals surface area (Å²) in [5.41, 5.74) is 0.0399. The molecule has 2 N–H and O–H groups in total. The van der Waals surface area contributed by atoms with E-state index in [9.17, 15) is 19.7 Å². The van der Waals surface area contributed by atoms with E-state index in [1.807, 2.05) is 0 Å². The molecule has 1 rings (SSSR count). The summed E-state index contributed by atoms with van der Waals surface area (Å²) in [5, 5.41) is 21.7. The van der Waals surface area contributed by atoms with Crippen LogP contribution in [-0.4, -0.2) is 29.8 Å². The van der Waals surface area contributed by atoms with Crippen LogP contribution in [0.2, 0.25) is 0 Å². The number of benzene rings is 1. The third-order valence-electron chi connectivity index (χ3n) is 2.36. The Balaban J connectivity index is 2.91. The molecule has 1 amide bonds. The van der Waals surface area contributed by atoms with Gasteiger partial charge in [0.25, 0.3) is 5.69 Å². The number of carboxylic acid groups (broad SMARTS) is 1. The molecule has 1 aromatic rings. The minimum Gasteiger partial charge on any atom is -0.481 e. The highest BCUT2D eigenvalue weighted by Gasteiger charge is 2.19. The summed E-state index contributed by atoms with van der Waals surface area (Å²) in [5.74, 6) is -1.71. The molecule has 98 valence electrons. The monoisotopic (exact) mass is 262 g/mol. The quantitative estimate of drug-likeness (QED) is 0.452. The summed E-state index contributed by atoms with van der Waals surface area (Å²) in [6, 6.07) is 4.39. The van der Waals surface area contributed by atoms with Crippen LogP contribution in [-0.2, 0) is 15.9 Å². The van der Waals surface area contributed by atoms with Crippen molar-refractivity contribution in [3.05, 3.63) is 33.9 Å². The Morgan fingerprint density at radius 1 is 1.37 bits per heavy atom. The van der Waals surface area contributed by atoms with Crippen molar-refractivity contribution in [1.29, 1.82) is 0 Å². The van der Waals surface area contributed by atoms with Gasteiger partial charge in [0, 0.05) is 12.0 Å². The number of hydrogen-bond donors (Lipinski definition) is 2. The summed E-state index contributed by atoms with van der Waals surface area (Å²) in [6.07, 6.45) is -0.620. The maximum atomic E-state index is 11.5. The molecule has 0 saturated carbocycles. The third-order valence-corrected chi connectivity index (χ3v) is 2.36. The second-order valence-corrected chi connectivity index (χ2v) is 3.72. The van der Waals surface area contributed by atoms with Gasteiger partial charge in [-0.2, -0.15) is 0 Å². The van der Waals surface area contributed by atoms with Crippen LogP contribution in [0.15, 0.2) is 18.2 Å². The number of nitrogens with zero attached hydrogens (tertiary/aromatic N) is 1. The molecule has 19 heavy (non-hydrogen) atoms. The minimum atomic E-state index is -1.11. The zero-order chi connectivity index (χ0) is 14.4. The van der Waals surface area contributed by atoms with Crippen LogP contribution in [0.1, 0.15) is 18.4 Å². The molecule has 7 nitrogen and oxygen atoms in total. The molecule has 0 aliphatic rings. The first-order chi connectivity index (χ1) is 8.95. The van der Waals surface area contributed by atoms with Crippen molar-refractivity contribution in [3.8, 4) is 0 Å². The van der Waals surface area contributed by atoms with E-state index in [-0.39, 0.29) is 30.5 Å². The Bertz CT molecular complexity index is 518. The highest BCUT2D eigenvalue weighted by Crippen LogP contribution is 2.28. The Morgan fingerprint density at radius 3 is 2.58 bits per heavy atom. The van der Waals surface area contributed by atoms with E-state index in [0.29, 0.717) is 5.56 Å². The fourth-order valence-electron chi connectivity index (χ4n) is 1.51. The van der Waals surface area contributed by atoms with E-state index < -0.39 is 16.8 Å². The Hall–Kier alpha value is -2.38. The topological polar surface area (TPSA) is 110 Å². The largest absolute Gasteiger partial charge is 0.481 e. The Labute approximate surface area is 110 Å². The van der Waals surface area contributed by atoms with Gasteiger partial charge in [0.05, 0.1) is 19.2 Å². The van der Waals surface area contributed by atoms with Crippen LogP contribution < -0.4 is 5.32 Å². The maximum absolute atomic E-state index is 11.5. The van der Waals surface area contributed by atoms with Crippen molar-refractivity contribution in [1.82, 2.24) is 0 Å². The van der Waals surface area contributed by atoms with E-state index in [0.717, 1.165) is 0 Å². The first-order valence-corrected chi connectivity index (χ1v) is 5.43. The number of nitrogens with one attached hydrogen (secondary N) is 1. The fraction of sp³-hybridized carbons (Fsp3) is 0.273. The van der Waals surface area contributed by atoms with Crippen molar-refractivity contribution in [2.75, 3.05) is 5.32 Å². The number of nitro benzene ring substituents is 1. The highest BCUT2D eigenvalue weighted by atomic mass is 16.6. The minimum absolute atomic E-state index is 0.0170. The van der Waals surface area contributed by atoms with Crippen LogP contribution in [0, 0.1) is 10.1 Å².